The molecule has 0 aliphatic heterocycles. The van der Waals surface area contributed by atoms with E-state index in [0.717, 1.165) is 23.1 Å². The minimum absolute atomic E-state index is 0.476. The Morgan fingerprint density at radius 2 is 1.95 bits per heavy atom. The van der Waals surface area contributed by atoms with E-state index in [1.54, 1.807) is 0 Å². The Kier molecular flexibility index (Phi) is 4.94. The van der Waals surface area contributed by atoms with Crippen LogP contribution in [0.5, 0.6) is 11.5 Å². The van der Waals surface area contributed by atoms with Crippen molar-refractivity contribution in [2.75, 3.05) is 18.5 Å². The summed E-state index contributed by atoms with van der Waals surface area (Å²) in [6.07, 6.45) is 4.02. The molecule has 1 fully saturated rings. The molecule has 0 aromatic heterocycles. The van der Waals surface area contributed by atoms with Gasteiger partial charge in [0.2, 0.25) is 0 Å². The van der Waals surface area contributed by atoms with Gasteiger partial charge in [-0.05, 0) is 45.2 Å². The lowest BCUT2D eigenvalue weighted by Gasteiger charge is -2.19. The molecular formula is C16H25NO2. The van der Waals surface area contributed by atoms with Gasteiger partial charge in [0.05, 0.1) is 18.9 Å². The zero-order valence-electron chi connectivity index (χ0n) is 12.2. The van der Waals surface area contributed by atoms with Gasteiger partial charge in [-0.2, -0.15) is 0 Å². The average molecular weight is 263 g/mol. The van der Waals surface area contributed by atoms with E-state index in [4.69, 9.17) is 9.47 Å². The number of nitrogens with one attached hydrogen (secondary N) is 1. The van der Waals surface area contributed by atoms with E-state index in [-0.39, 0.29) is 0 Å². The third-order valence-corrected chi connectivity index (χ3v) is 3.35. The van der Waals surface area contributed by atoms with E-state index < -0.39 is 0 Å². The maximum atomic E-state index is 5.67. The molecule has 1 atom stereocenters. The Bertz CT molecular complexity index is 402. The third-order valence-electron chi connectivity index (χ3n) is 3.35. The van der Waals surface area contributed by atoms with Gasteiger partial charge in [0.25, 0.3) is 0 Å². The first-order chi connectivity index (χ1) is 9.22. The number of anilines is 1. The molecule has 2 rings (SSSR count). The summed E-state index contributed by atoms with van der Waals surface area (Å²) < 4.78 is 11.2. The second-order valence-electron chi connectivity index (χ2n) is 5.25. The van der Waals surface area contributed by atoms with Gasteiger partial charge in [-0.15, -0.1) is 0 Å². The third kappa shape index (κ3) is 4.34. The summed E-state index contributed by atoms with van der Waals surface area (Å²) in [5.41, 5.74) is 1.04. The standard InChI is InChI=1S/C16H25NO2/c1-4-18-14-8-9-16(19-5-2)15(11-14)17-12(3)10-13-6-7-13/h8-9,11-13,17H,4-7,10H2,1-3H3. The molecule has 1 aromatic rings. The first-order valence-electron chi connectivity index (χ1n) is 7.39. The second kappa shape index (κ2) is 6.69. The molecule has 1 N–H and O–H groups in total. The number of ether oxygens (including phenoxy) is 2. The highest BCUT2D eigenvalue weighted by Gasteiger charge is 2.23. The Morgan fingerprint density at radius 3 is 2.58 bits per heavy atom. The van der Waals surface area contributed by atoms with Crippen LogP contribution in [0.2, 0.25) is 0 Å². The van der Waals surface area contributed by atoms with Crippen LogP contribution in [0.15, 0.2) is 18.2 Å². The summed E-state index contributed by atoms with van der Waals surface area (Å²) >= 11 is 0. The number of hydrogen-bond donors (Lipinski definition) is 1. The molecule has 3 nitrogen and oxygen atoms in total. The Morgan fingerprint density at radius 1 is 1.21 bits per heavy atom. The summed E-state index contributed by atoms with van der Waals surface area (Å²) in [7, 11) is 0. The molecule has 1 aromatic carbocycles. The molecule has 1 aliphatic carbocycles. The monoisotopic (exact) mass is 263 g/mol. The van der Waals surface area contributed by atoms with Crippen molar-refractivity contribution in [3.63, 3.8) is 0 Å². The number of rotatable bonds is 8. The molecule has 0 radical (unpaired) electrons. The van der Waals surface area contributed by atoms with Crippen LogP contribution in [0.4, 0.5) is 5.69 Å². The largest absolute Gasteiger partial charge is 0.494 e. The maximum absolute atomic E-state index is 5.67. The number of benzene rings is 1. The van der Waals surface area contributed by atoms with Crippen LogP contribution in [0.1, 0.15) is 40.0 Å². The van der Waals surface area contributed by atoms with Crippen LogP contribution in [-0.2, 0) is 0 Å². The lowest BCUT2D eigenvalue weighted by molar-refractivity contribution is 0.331. The fourth-order valence-corrected chi connectivity index (χ4v) is 2.34. The van der Waals surface area contributed by atoms with E-state index in [2.05, 4.69) is 12.2 Å². The summed E-state index contributed by atoms with van der Waals surface area (Å²) in [6, 6.07) is 6.47. The van der Waals surface area contributed by atoms with Gasteiger partial charge in [-0.25, -0.2) is 0 Å². The SMILES string of the molecule is CCOc1ccc(OCC)c(NC(C)CC2CC2)c1. The Balaban J connectivity index is 2.06. The molecule has 0 heterocycles. The zero-order chi connectivity index (χ0) is 13.7. The summed E-state index contributed by atoms with van der Waals surface area (Å²) in [6.45, 7) is 7.61. The smallest absolute Gasteiger partial charge is 0.142 e. The van der Waals surface area contributed by atoms with Crippen molar-refractivity contribution < 1.29 is 9.47 Å². The van der Waals surface area contributed by atoms with Crippen molar-refractivity contribution in [1.29, 1.82) is 0 Å². The van der Waals surface area contributed by atoms with E-state index in [1.165, 1.54) is 19.3 Å². The van der Waals surface area contributed by atoms with Gasteiger partial charge in [0, 0.05) is 12.1 Å². The molecule has 106 valence electrons. The van der Waals surface area contributed by atoms with Crippen LogP contribution in [0.3, 0.4) is 0 Å². The number of hydrogen-bond acceptors (Lipinski definition) is 3. The topological polar surface area (TPSA) is 30.5 Å². The summed E-state index contributed by atoms with van der Waals surface area (Å²) in [5, 5.41) is 3.56. The van der Waals surface area contributed by atoms with E-state index >= 15 is 0 Å². The molecule has 1 unspecified atom stereocenters. The van der Waals surface area contributed by atoms with Crippen LogP contribution < -0.4 is 14.8 Å². The van der Waals surface area contributed by atoms with E-state index in [1.807, 2.05) is 32.0 Å². The second-order valence-corrected chi connectivity index (χ2v) is 5.25. The predicted octanol–water partition coefficient (Wildman–Crippen LogP) is 4.08. The lowest BCUT2D eigenvalue weighted by atomic mass is 10.1. The maximum Gasteiger partial charge on any atom is 0.142 e. The molecular weight excluding hydrogens is 238 g/mol. The van der Waals surface area contributed by atoms with Crippen molar-refractivity contribution in [3.8, 4) is 11.5 Å². The van der Waals surface area contributed by atoms with Crippen molar-refractivity contribution >= 4 is 5.69 Å². The highest BCUT2D eigenvalue weighted by molar-refractivity contribution is 5.60. The van der Waals surface area contributed by atoms with Gasteiger partial charge in [-0.3, -0.25) is 0 Å². The predicted molar refractivity (Wildman–Crippen MR) is 79.2 cm³/mol. The highest BCUT2D eigenvalue weighted by atomic mass is 16.5. The van der Waals surface area contributed by atoms with Crippen LogP contribution in [0.25, 0.3) is 0 Å². The zero-order valence-corrected chi connectivity index (χ0v) is 12.2. The summed E-state index contributed by atoms with van der Waals surface area (Å²) in [4.78, 5) is 0. The molecule has 1 saturated carbocycles. The molecule has 19 heavy (non-hydrogen) atoms. The molecule has 0 spiro atoms. The molecule has 0 bridgehead atoms. The van der Waals surface area contributed by atoms with Crippen LogP contribution in [0, 0.1) is 5.92 Å². The molecule has 3 heteroatoms. The van der Waals surface area contributed by atoms with Crippen LogP contribution >= 0.6 is 0 Å². The van der Waals surface area contributed by atoms with Gasteiger partial charge < -0.3 is 14.8 Å². The van der Waals surface area contributed by atoms with E-state index in [0.29, 0.717) is 19.3 Å². The van der Waals surface area contributed by atoms with Gasteiger partial charge in [0.1, 0.15) is 11.5 Å². The summed E-state index contributed by atoms with van der Waals surface area (Å²) in [5.74, 6) is 2.73. The van der Waals surface area contributed by atoms with Gasteiger partial charge in [-0.1, -0.05) is 12.8 Å². The fraction of sp³-hybridized carbons (Fsp3) is 0.625. The first-order valence-corrected chi connectivity index (χ1v) is 7.39. The molecule has 1 aliphatic rings. The van der Waals surface area contributed by atoms with Crippen molar-refractivity contribution in [2.45, 2.75) is 46.1 Å². The quantitative estimate of drug-likeness (QED) is 0.766. The van der Waals surface area contributed by atoms with Crippen molar-refractivity contribution in [1.82, 2.24) is 0 Å². The Hall–Kier alpha value is -1.38. The van der Waals surface area contributed by atoms with E-state index in [9.17, 15) is 0 Å². The van der Waals surface area contributed by atoms with Crippen molar-refractivity contribution in [2.24, 2.45) is 5.92 Å². The molecule has 0 amide bonds. The lowest BCUT2D eigenvalue weighted by Crippen LogP contribution is -2.16. The van der Waals surface area contributed by atoms with Gasteiger partial charge in [0.15, 0.2) is 0 Å². The van der Waals surface area contributed by atoms with Crippen molar-refractivity contribution in [3.05, 3.63) is 18.2 Å². The first kappa shape index (κ1) is 14.0. The molecule has 0 saturated heterocycles. The minimum Gasteiger partial charge on any atom is -0.494 e. The minimum atomic E-state index is 0.476. The normalized spacial score (nSPS) is 15.9. The fourth-order valence-electron chi connectivity index (χ4n) is 2.34. The highest BCUT2D eigenvalue weighted by Crippen LogP contribution is 2.35. The average Bonchev–Trinajstić information content (AvgIpc) is 3.17. The van der Waals surface area contributed by atoms with Gasteiger partial charge >= 0.3 is 0 Å². The Labute approximate surface area is 116 Å². The van der Waals surface area contributed by atoms with Crippen LogP contribution in [-0.4, -0.2) is 19.3 Å².